The molecule has 2 aromatic rings. The number of nitrogens with zero attached hydrogens (tertiary/aromatic N) is 3. The van der Waals surface area contributed by atoms with Crippen molar-refractivity contribution in [2.24, 2.45) is 0 Å². The van der Waals surface area contributed by atoms with Crippen molar-refractivity contribution in [2.45, 2.75) is 58.5 Å². The summed E-state index contributed by atoms with van der Waals surface area (Å²) < 4.78 is 38.0. The Kier molecular flexibility index (Phi) is 17.1. The van der Waals surface area contributed by atoms with Crippen molar-refractivity contribution in [3.05, 3.63) is 59.9 Å². The summed E-state index contributed by atoms with van der Waals surface area (Å²) in [6.45, 7) is 9.30. The normalized spacial score (nSPS) is 10.6. The molecule has 2 rings (SSSR count). The van der Waals surface area contributed by atoms with Crippen LogP contribution in [0.2, 0.25) is 0 Å². The van der Waals surface area contributed by atoms with Crippen LogP contribution in [0.25, 0.3) is 0 Å². The standard InChI is InChI=1S/C26H37N3O6.3FH.Zr/c1-21(2)26(34)35-20-6-4-3-5-13-27(14-9-18-28-16-7-11-22(30)24(28)32)15-10-19-29-17-8-12-23(31)25(29)33;;;;/h7-8,11-12,16-17,30-31H,1,3-6,9-10,13-15,18-20H2,2H3;3*1H;/q;;;;+3/p-1. The SMILES string of the molecule is C=C(C)C(=O)OCCCCCCN(CCCn1cccc(O)c1=[OH+])CCCn1cccc(O)c1=[OH+].[F][Zr]([F])[F]. The fraction of sp³-hybridized carbons (Fsp3) is 0.500. The van der Waals surface area contributed by atoms with E-state index in [9.17, 15) is 32.5 Å². The monoisotopic (exact) mass is 636 g/mol. The van der Waals surface area contributed by atoms with E-state index in [1.165, 1.54) is 12.1 Å². The van der Waals surface area contributed by atoms with Gasteiger partial charge in [0.25, 0.3) is 0 Å². The average Bonchev–Trinajstić information content (AvgIpc) is 2.87. The molecule has 2 heterocycles. The zero-order valence-corrected chi connectivity index (χ0v) is 24.7. The van der Waals surface area contributed by atoms with E-state index < -0.39 is 23.6 Å². The van der Waals surface area contributed by atoms with E-state index in [1.54, 1.807) is 40.6 Å². The molecule has 0 aromatic carbocycles. The first kappa shape index (κ1) is 34.4. The van der Waals surface area contributed by atoms with Crippen LogP contribution >= 0.6 is 0 Å². The van der Waals surface area contributed by atoms with Crippen LogP contribution in [0.4, 0.5) is 7.88 Å². The fourth-order valence-electron chi connectivity index (χ4n) is 3.77. The Bertz CT molecular complexity index is 1070. The molecule has 2 aromatic heterocycles. The number of pyridine rings is 2. The number of rotatable bonds is 16. The average molecular weight is 638 g/mol. The molecule has 0 radical (unpaired) electrons. The third-order valence-corrected chi connectivity index (χ3v) is 5.74. The molecule has 0 atom stereocenters. The summed E-state index contributed by atoms with van der Waals surface area (Å²) in [4.78, 5) is 33.8. The molecule has 0 aliphatic heterocycles. The van der Waals surface area contributed by atoms with Crippen LogP contribution in [0.1, 0.15) is 45.4 Å². The van der Waals surface area contributed by atoms with Crippen LogP contribution in [0.5, 0.6) is 11.5 Å². The zero-order valence-electron chi connectivity index (χ0n) is 22.2. The molecule has 0 amide bonds. The molecule has 0 saturated heterocycles. The van der Waals surface area contributed by atoms with Crippen molar-refractivity contribution in [1.29, 1.82) is 0 Å². The zero-order chi connectivity index (χ0) is 29.2. The van der Waals surface area contributed by atoms with Crippen molar-refractivity contribution in [3.63, 3.8) is 0 Å². The first-order chi connectivity index (χ1) is 18.5. The van der Waals surface area contributed by atoms with Crippen molar-refractivity contribution in [1.82, 2.24) is 14.0 Å². The number of carbonyl (C=O) groups is 1. The minimum absolute atomic E-state index is 0.137. The number of unbranched alkanes of at least 4 members (excludes halogenated alkanes) is 3. The van der Waals surface area contributed by atoms with Gasteiger partial charge < -0.3 is 19.8 Å². The van der Waals surface area contributed by atoms with Gasteiger partial charge in [0.15, 0.2) is 0 Å². The predicted molar refractivity (Wildman–Crippen MR) is 136 cm³/mol. The van der Waals surface area contributed by atoms with Gasteiger partial charge in [-0.25, -0.2) is 4.79 Å². The van der Waals surface area contributed by atoms with Crippen LogP contribution in [0.15, 0.2) is 48.8 Å². The van der Waals surface area contributed by atoms with Gasteiger partial charge in [-0.15, -0.1) is 0 Å². The fourth-order valence-corrected chi connectivity index (χ4v) is 3.77. The molecule has 0 fully saturated rings. The molecule has 217 valence electrons. The van der Waals surface area contributed by atoms with E-state index >= 15 is 0 Å². The number of ether oxygens (including phenoxy) is 1. The topological polar surface area (TPSA) is 123 Å². The Morgan fingerprint density at radius 1 is 0.897 bits per heavy atom. The summed E-state index contributed by atoms with van der Waals surface area (Å²) in [5.41, 5.74) is 0.138. The number of hydrogen-bond donors (Lipinski definition) is 2. The number of esters is 1. The molecule has 0 unspecified atom stereocenters. The number of aromatic nitrogens is 2. The molecule has 0 saturated carbocycles. The van der Waals surface area contributed by atoms with Gasteiger partial charge in [0, 0.05) is 31.1 Å². The molecule has 9 nitrogen and oxygen atoms in total. The van der Waals surface area contributed by atoms with E-state index in [-0.39, 0.29) is 28.6 Å². The van der Waals surface area contributed by atoms with Crippen molar-refractivity contribution >= 4 is 5.97 Å². The Morgan fingerprint density at radius 3 is 1.79 bits per heavy atom. The van der Waals surface area contributed by atoms with Crippen molar-refractivity contribution in [2.75, 3.05) is 26.2 Å². The quantitative estimate of drug-likeness (QED) is 0.126. The van der Waals surface area contributed by atoms with E-state index in [4.69, 9.17) is 4.74 Å². The summed E-state index contributed by atoms with van der Waals surface area (Å²) in [7, 11) is 0. The maximum absolute atomic E-state index is 11.4. The third kappa shape index (κ3) is 14.9. The number of aryl methyl sites for hydroxylation is 2. The van der Waals surface area contributed by atoms with Crippen LogP contribution in [-0.2, 0) is 46.2 Å². The molecule has 0 spiro atoms. The van der Waals surface area contributed by atoms with E-state index in [2.05, 4.69) is 11.5 Å². The van der Waals surface area contributed by atoms with Crippen LogP contribution in [0, 0.1) is 0 Å². The van der Waals surface area contributed by atoms with E-state index in [0.29, 0.717) is 25.3 Å². The van der Waals surface area contributed by atoms with Gasteiger partial charge in [0.05, 0.1) is 6.61 Å². The van der Waals surface area contributed by atoms with Crippen LogP contribution < -0.4 is 11.1 Å². The van der Waals surface area contributed by atoms with Crippen molar-refractivity contribution < 1.29 is 60.8 Å². The second-order valence-corrected chi connectivity index (χ2v) is 9.97. The summed E-state index contributed by atoms with van der Waals surface area (Å²) in [6.07, 6.45) is 8.88. The molecular formula is C26H39F3N3O6Zr+2. The van der Waals surface area contributed by atoms with Gasteiger partial charge in [-0.05, 0) is 76.5 Å². The van der Waals surface area contributed by atoms with Crippen LogP contribution in [-0.4, -0.2) is 66.0 Å². The molecule has 0 aliphatic carbocycles. The predicted octanol–water partition coefficient (Wildman–Crippen LogP) is 3.43. The minimum atomic E-state index is -5.04. The first-order valence-corrected chi connectivity index (χ1v) is 15.5. The number of aromatic hydroxyl groups is 2. The Hall–Kier alpha value is -2.66. The Labute approximate surface area is 236 Å². The summed E-state index contributed by atoms with van der Waals surface area (Å²) >= 11 is -5.04. The maximum atomic E-state index is 11.4. The number of halogens is 3. The van der Waals surface area contributed by atoms with Gasteiger partial charge in [0.2, 0.25) is 11.5 Å². The van der Waals surface area contributed by atoms with Crippen molar-refractivity contribution in [3.8, 4) is 11.5 Å². The first-order valence-electron chi connectivity index (χ1n) is 12.7. The summed E-state index contributed by atoms with van der Waals surface area (Å²) in [6, 6.07) is 6.29. The van der Waals surface area contributed by atoms with Gasteiger partial charge >= 0.3 is 48.5 Å². The van der Waals surface area contributed by atoms with Gasteiger partial charge in [-0.1, -0.05) is 19.4 Å². The third-order valence-electron chi connectivity index (χ3n) is 5.74. The van der Waals surface area contributed by atoms with Gasteiger partial charge in [0.1, 0.15) is 0 Å². The number of hydrogen-bond acceptors (Lipinski definition) is 5. The second-order valence-electron chi connectivity index (χ2n) is 8.91. The molecule has 39 heavy (non-hydrogen) atoms. The summed E-state index contributed by atoms with van der Waals surface area (Å²) in [5, 5.41) is 19.4. The van der Waals surface area contributed by atoms with Gasteiger partial charge in [-0.2, -0.15) is 0 Å². The van der Waals surface area contributed by atoms with E-state index in [0.717, 1.165) is 58.2 Å². The van der Waals surface area contributed by atoms with Gasteiger partial charge in [-0.3, -0.25) is 18.7 Å². The Morgan fingerprint density at radius 2 is 1.33 bits per heavy atom. The molecule has 0 aliphatic rings. The summed E-state index contributed by atoms with van der Waals surface area (Å²) in [5.74, 6) is -0.620. The number of carbonyl (C=O) groups excluding carboxylic acids is 1. The molecule has 4 N–H and O–H groups in total. The molecular weight excluding hydrogens is 599 g/mol. The second kappa shape index (κ2) is 19.4. The Balaban J connectivity index is 0.00000177. The molecule has 0 bridgehead atoms. The molecule has 13 heteroatoms. The van der Waals surface area contributed by atoms with E-state index in [1.807, 2.05) is 0 Å². The van der Waals surface area contributed by atoms with Crippen LogP contribution in [0.3, 0.4) is 0 Å².